The molecule has 1 amide bonds. The monoisotopic (exact) mass is 706 g/mol. The Kier molecular flexibility index (Phi) is 7.97. The number of nitrogens with two attached hydrogens (primary N) is 1. The number of amides is 1. The van der Waals surface area contributed by atoms with Crippen LogP contribution < -0.4 is 15.2 Å². The number of halogens is 6. The second-order valence-corrected chi connectivity index (χ2v) is 14.3. The van der Waals surface area contributed by atoms with Crippen molar-refractivity contribution >= 4 is 43.5 Å². The molecule has 3 unspecified atom stereocenters. The standard InChI is InChI=1S/C33H32F6N6O3S/c1-4-22(46)45-11-8-21(31(45,2)3)48-28-18-12-19(33(37,38)39)23(17-6-7-20(35)27-26(17)41-29(40)49-27)24(36)25(18)42-30(43-28)47-15-32-9-5-10-44(32)14-16(34)13-32/h4,6-7,12,16,21H,1,5,8-11,13-15H2,2-3H3,(H2,40,41). The molecule has 0 aliphatic carbocycles. The van der Waals surface area contributed by atoms with Crippen LogP contribution in [0.4, 0.5) is 31.5 Å². The normalized spacial score (nSPS) is 23.8. The van der Waals surface area contributed by atoms with Crippen LogP contribution in [0.3, 0.4) is 0 Å². The molecule has 2 N–H and O–H groups in total. The summed E-state index contributed by atoms with van der Waals surface area (Å²) in [4.78, 5) is 28.7. The van der Waals surface area contributed by atoms with Gasteiger partial charge in [0.05, 0.1) is 32.2 Å². The van der Waals surface area contributed by atoms with E-state index in [9.17, 15) is 26.7 Å². The quantitative estimate of drug-likeness (QED) is 0.168. The molecule has 16 heteroatoms. The number of hydrogen-bond acceptors (Lipinski definition) is 9. The van der Waals surface area contributed by atoms with E-state index in [0.29, 0.717) is 19.0 Å². The van der Waals surface area contributed by atoms with Crippen molar-refractivity contribution in [1.29, 1.82) is 0 Å². The Morgan fingerprint density at radius 2 is 1.96 bits per heavy atom. The van der Waals surface area contributed by atoms with Gasteiger partial charge in [-0.15, -0.1) is 0 Å². The van der Waals surface area contributed by atoms with E-state index < -0.39 is 63.2 Å². The maximum atomic E-state index is 16.9. The number of carbonyl (C=O) groups is 1. The molecule has 260 valence electrons. The smallest absolute Gasteiger partial charge is 0.417 e. The highest BCUT2D eigenvalue weighted by molar-refractivity contribution is 7.22. The van der Waals surface area contributed by atoms with Gasteiger partial charge in [0, 0.05) is 37.1 Å². The second kappa shape index (κ2) is 11.7. The van der Waals surface area contributed by atoms with E-state index in [0.717, 1.165) is 36.0 Å². The summed E-state index contributed by atoms with van der Waals surface area (Å²) in [6, 6.07) is 2.24. The lowest BCUT2D eigenvalue weighted by atomic mass is 9.95. The lowest BCUT2D eigenvalue weighted by Gasteiger charge is -2.35. The van der Waals surface area contributed by atoms with Crippen LogP contribution in [0.2, 0.25) is 0 Å². The molecule has 49 heavy (non-hydrogen) atoms. The topological polar surface area (TPSA) is 107 Å². The first-order valence-electron chi connectivity index (χ1n) is 15.7. The van der Waals surface area contributed by atoms with Crippen molar-refractivity contribution < 1.29 is 40.6 Å². The largest absolute Gasteiger partial charge is 0.471 e. The summed E-state index contributed by atoms with van der Waals surface area (Å²) >= 11 is 0.720. The SMILES string of the molecule is C=CC(=O)N1CCC(Oc2nc(OCC34CCCN3CC(F)C4)nc3c(F)c(-c4ccc(F)c5sc(N)nc45)c(C(F)(F)F)cc23)C1(C)C. The van der Waals surface area contributed by atoms with Gasteiger partial charge < -0.3 is 20.1 Å². The molecule has 0 saturated carbocycles. The number of carbonyl (C=O) groups excluding carboxylic acids is 1. The number of thiazole rings is 1. The van der Waals surface area contributed by atoms with Gasteiger partial charge in [0.15, 0.2) is 10.9 Å². The molecule has 0 radical (unpaired) electrons. The Balaban J connectivity index is 1.40. The first-order chi connectivity index (χ1) is 23.1. The number of fused-ring (bicyclic) bond motifs is 3. The summed E-state index contributed by atoms with van der Waals surface area (Å²) in [6.45, 7) is 8.15. The van der Waals surface area contributed by atoms with Crippen molar-refractivity contribution in [3.8, 4) is 23.0 Å². The summed E-state index contributed by atoms with van der Waals surface area (Å²) in [5.41, 5.74) is 0.760. The van der Waals surface area contributed by atoms with E-state index in [4.69, 9.17) is 15.2 Å². The van der Waals surface area contributed by atoms with Gasteiger partial charge in [-0.05, 0) is 57.5 Å². The minimum absolute atomic E-state index is 0.0410. The van der Waals surface area contributed by atoms with Crippen LogP contribution in [0.25, 0.3) is 32.2 Å². The van der Waals surface area contributed by atoms with E-state index in [1.54, 1.807) is 13.8 Å². The predicted molar refractivity (Wildman–Crippen MR) is 171 cm³/mol. The van der Waals surface area contributed by atoms with Crippen molar-refractivity contribution in [2.24, 2.45) is 0 Å². The molecule has 2 aromatic carbocycles. The molecule has 3 saturated heterocycles. The van der Waals surface area contributed by atoms with Gasteiger partial charge in [-0.25, -0.2) is 18.2 Å². The van der Waals surface area contributed by atoms with Crippen LogP contribution in [-0.4, -0.2) is 80.3 Å². The lowest BCUT2D eigenvalue weighted by molar-refractivity contribution is -0.137. The van der Waals surface area contributed by atoms with Crippen LogP contribution in [-0.2, 0) is 11.0 Å². The average Bonchev–Trinajstić information content (AvgIpc) is 3.77. The summed E-state index contributed by atoms with van der Waals surface area (Å²) in [5.74, 6) is -2.91. The zero-order chi connectivity index (χ0) is 35.0. The Morgan fingerprint density at radius 1 is 1.18 bits per heavy atom. The Bertz CT molecular complexity index is 2000. The predicted octanol–water partition coefficient (Wildman–Crippen LogP) is 6.69. The number of likely N-dealkylation sites (tertiary alicyclic amines) is 1. The molecule has 3 aliphatic rings. The van der Waals surface area contributed by atoms with Gasteiger partial charge in [-0.3, -0.25) is 9.69 Å². The molecular weight excluding hydrogens is 674 g/mol. The fourth-order valence-corrected chi connectivity index (χ4v) is 8.33. The van der Waals surface area contributed by atoms with Crippen LogP contribution in [0.1, 0.15) is 45.1 Å². The van der Waals surface area contributed by atoms with Crippen molar-refractivity contribution in [3.63, 3.8) is 0 Å². The molecule has 0 spiro atoms. The first-order valence-corrected chi connectivity index (χ1v) is 16.5. The number of nitrogens with zero attached hydrogens (tertiary/aromatic N) is 5. The molecule has 5 heterocycles. The van der Waals surface area contributed by atoms with Crippen LogP contribution >= 0.6 is 11.3 Å². The minimum atomic E-state index is -5.10. The molecule has 4 aromatic rings. The Hall–Kier alpha value is -4.18. The molecular formula is C33H32F6N6O3S. The van der Waals surface area contributed by atoms with E-state index in [1.165, 1.54) is 4.90 Å². The van der Waals surface area contributed by atoms with Crippen molar-refractivity contribution in [1.82, 2.24) is 24.8 Å². The highest BCUT2D eigenvalue weighted by Crippen LogP contribution is 2.47. The highest BCUT2D eigenvalue weighted by Gasteiger charge is 2.50. The summed E-state index contributed by atoms with van der Waals surface area (Å²) in [5, 5.41) is -0.512. The summed E-state index contributed by atoms with van der Waals surface area (Å²) in [6.07, 6.45) is -3.80. The average molecular weight is 707 g/mol. The van der Waals surface area contributed by atoms with Crippen molar-refractivity contribution in [2.45, 2.75) is 69.1 Å². The van der Waals surface area contributed by atoms with Crippen LogP contribution in [0.15, 0.2) is 30.9 Å². The number of alkyl halides is 4. The number of anilines is 1. The molecule has 0 bridgehead atoms. The number of ether oxygens (including phenoxy) is 2. The molecule has 3 fully saturated rings. The Morgan fingerprint density at radius 3 is 2.69 bits per heavy atom. The fraction of sp³-hybridized carbons (Fsp3) is 0.455. The maximum absolute atomic E-state index is 16.9. The number of nitrogen functional groups attached to an aromatic ring is 1. The Labute approximate surface area is 280 Å². The van der Waals surface area contributed by atoms with Crippen LogP contribution in [0, 0.1) is 11.6 Å². The fourth-order valence-electron chi connectivity index (χ4n) is 7.57. The summed E-state index contributed by atoms with van der Waals surface area (Å²) < 4.78 is 103. The van der Waals surface area contributed by atoms with E-state index in [1.807, 2.05) is 4.90 Å². The lowest BCUT2D eigenvalue weighted by Crippen LogP contribution is -2.49. The van der Waals surface area contributed by atoms with Crippen molar-refractivity contribution in [2.75, 3.05) is 32.0 Å². The number of benzene rings is 2. The van der Waals surface area contributed by atoms with E-state index in [2.05, 4.69) is 21.5 Å². The van der Waals surface area contributed by atoms with Crippen LogP contribution in [0.5, 0.6) is 11.9 Å². The number of rotatable bonds is 7. The minimum Gasteiger partial charge on any atom is -0.471 e. The number of hydrogen-bond donors (Lipinski definition) is 1. The highest BCUT2D eigenvalue weighted by atomic mass is 32.1. The molecule has 9 nitrogen and oxygen atoms in total. The first kappa shape index (κ1) is 33.3. The molecule has 2 aromatic heterocycles. The third-order valence-electron chi connectivity index (χ3n) is 9.99. The van der Waals surface area contributed by atoms with E-state index in [-0.39, 0.29) is 71.2 Å². The van der Waals surface area contributed by atoms with Gasteiger partial charge in [0.1, 0.15) is 30.2 Å². The second-order valence-electron chi connectivity index (χ2n) is 13.2. The number of aromatic nitrogens is 3. The van der Waals surface area contributed by atoms with E-state index >= 15 is 4.39 Å². The van der Waals surface area contributed by atoms with Gasteiger partial charge in [-0.2, -0.15) is 23.1 Å². The maximum Gasteiger partial charge on any atom is 0.417 e. The molecule has 7 rings (SSSR count). The third kappa shape index (κ3) is 5.52. The molecule has 3 atom stereocenters. The van der Waals surface area contributed by atoms with Gasteiger partial charge >= 0.3 is 12.2 Å². The van der Waals surface area contributed by atoms with Gasteiger partial charge in [0.25, 0.3) is 0 Å². The van der Waals surface area contributed by atoms with Gasteiger partial charge in [-0.1, -0.05) is 17.9 Å². The third-order valence-corrected chi connectivity index (χ3v) is 10.9. The van der Waals surface area contributed by atoms with Gasteiger partial charge in [0.2, 0.25) is 11.8 Å². The summed E-state index contributed by atoms with van der Waals surface area (Å²) in [7, 11) is 0. The zero-order valence-electron chi connectivity index (χ0n) is 26.5. The molecule has 3 aliphatic heterocycles. The van der Waals surface area contributed by atoms with Crippen molar-refractivity contribution in [3.05, 3.63) is 48.1 Å². The zero-order valence-corrected chi connectivity index (χ0v) is 27.4.